The van der Waals surface area contributed by atoms with E-state index in [0.29, 0.717) is 29.8 Å². The maximum atomic E-state index is 12.6. The Hall–Kier alpha value is -0.910. The monoisotopic (exact) mass is 294 g/mol. The van der Waals surface area contributed by atoms with E-state index < -0.39 is 10.0 Å². The van der Waals surface area contributed by atoms with Gasteiger partial charge in [0.25, 0.3) is 0 Å². The van der Waals surface area contributed by atoms with Crippen LogP contribution in [0.1, 0.15) is 18.9 Å². The van der Waals surface area contributed by atoms with Gasteiger partial charge in [-0.05, 0) is 49.0 Å². The molecule has 3 rings (SSSR count). The van der Waals surface area contributed by atoms with Crippen LogP contribution in [0.4, 0.5) is 0 Å². The van der Waals surface area contributed by atoms with E-state index in [-0.39, 0.29) is 0 Å². The zero-order chi connectivity index (χ0) is 14.2. The van der Waals surface area contributed by atoms with Crippen molar-refractivity contribution in [3.05, 3.63) is 29.8 Å². The molecule has 0 bridgehead atoms. The zero-order valence-electron chi connectivity index (χ0n) is 11.9. The predicted molar refractivity (Wildman–Crippen MR) is 79.0 cm³/mol. The summed E-state index contributed by atoms with van der Waals surface area (Å²) in [5, 5.41) is 3.34. The van der Waals surface area contributed by atoms with E-state index >= 15 is 0 Å². The molecule has 0 aromatic heterocycles. The molecule has 0 spiro atoms. The van der Waals surface area contributed by atoms with Gasteiger partial charge in [-0.2, -0.15) is 4.31 Å². The fraction of sp³-hybridized carbons (Fsp3) is 0.600. The molecular formula is C15H22N2O2S. The first-order chi connectivity index (χ1) is 9.61. The van der Waals surface area contributed by atoms with Gasteiger partial charge in [0.05, 0.1) is 4.90 Å². The summed E-state index contributed by atoms with van der Waals surface area (Å²) < 4.78 is 26.9. The van der Waals surface area contributed by atoms with Gasteiger partial charge in [-0.3, -0.25) is 0 Å². The van der Waals surface area contributed by atoms with Crippen molar-refractivity contribution in [2.75, 3.05) is 26.2 Å². The lowest BCUT2D eigenvalue weighted by Crippen LogP contribution is -2.31. The van der Waals surface area contributed by atoms with Gasteiger partial charge in [0, 0.05) is 13.1 Å². The number of fused-ring (bicyclic) bond motifs is 1. The molecule has 2 aliphatic rings. The molecule has 5 heteroatoms. The van der Waals surface area contributed by atoms with Crippen LogP contribution in [0.15, 0.2) is 29.2 Å². The summed E-state index contributed by atoms with van der Waals surface area (Å²) >= 11 is 0. The number of rotatable bonds is 4. The van der Waals surface area contributed by atoms with Crippen LogP contribution in [0.25, 0.3) is 0 Å². The van der Waals surface area contributed by atoms with Crippen LogP contribution in [0.5, 0.6) is 0 Å². The lowest BCUT2D eigenvalue weighted by Gasteiger charge is -2.17. The van der Waals surface area contributed by atoms with Crippen molar-refractivity contribution >= 4 is 10.0 Å². The van der Waals surface area contributed by atoms with E-state index in [4.69, 9.17) is 0 Å². The van der Waals surface area contributed by atoms with Crippen molar-refractivity contribution in [2.24, 2.45) is 11.8 Å². The fourth-order valence-corrected chi connectivity index (χ4v) is 4.83. The fourth-order valence-electron chi connectivity index (χ4n) is 3.27. The molecule has 2 fully saturated rings. The van der Waals surface area contributed by atoms with Crippen molar-refractivity contribution in [3.63, 3.8) is 0 Å². The van der Waals surface area contributed by atoms with Crippen molar-refractivity contribution in [2.45, 2.75) is 24.7 Å². The van der Waals surface area contributed by atoms with Gasteiger partial charge >= 0.3 is 0 Å². The first-order valence-electron chi connectivity index (χ1n) is 7.41. The molecule has 1 aromatic carbocycles. The number of nitrogens with one attached hydrogen (secondary N) is 1. The highest BCUT2D eigenvalue weighted by atomic mass is 32.2. The summed E-state index contributed by atoms with van der Waals surface area (Å²) in [6.45, 7) is 5.35. The smallest absolute Gasteiger partial charge is 0.243 e. The van der Waals surface area contributed by atoms with E-state index in [2.05, 4.69) is 12.2 Å². The number of sulfonamides is 1. The Labute approximate surface area is 121 Å². The van der Waals surface area contributed by atoms with Gasteiger partial charge < -0.3 is 5.32 Å². The minimum Gasteiger partial charge on any atom is -0.316 e. The highest BCUT2D eigenvalue weighted by molar-refractivity contribution is 7.89. The van der Waals surface area contributed by atoms with E-state index in [1.54, 1.807) is 16.4 Å². The summed E-state index contributed by atoms with van der Waals surface area (Å²) in [6.07, 6.45) is 2.08. The van der Waals surface area contributed by atoms with E-state index in [0.717, 1.165) is 25.9 Å². The highest BCUT2D eigenvalue weighted by Gasteiger charge is 2.41. The summed E-state index contributed by atoms with van der Waals surface area (Å²) in [5.74, 6) is 0.980. The van der Waals surface area contributed by atoms with Crippen molar-refractivity contribution in [3.8, 4) is 0 Å². The van der Waals surface area contributed by atoms with Crippen LogP contribution in [0.3, 0.4) is 0 Å². The third-order valence-electron chi connectivity index (χ3n) is 4.46. The summed E-state index contributed by atoms with van der Waals surface area (Å²) in [4.78, 5) is 0.435. The molecule has 110 valence electrons. The largest absolute Gasteiger partial charge is 0.316 e. The van der Waals surface area contributed by atoms with Gasteiger partial charge in [-0.25, -0.2) is 8.42 Å². The molecule has 4 nitrogen and oxygen atoms in total. The summed E-state index contributed by atoms with van der Waals surface area (Å²) in [5.41, 5.74) is 1.20. The SMILES string of the molecule is CCCc1ccc(S(=O)(=O)N2CC3CNCC3C2)cc1. The average molecular weight is 294 g/mol. The second kappa shape index (κ2) is 5.47. The lowest BCUT2D eigenvalue weighted by atomic mass is 10.0. The van der Waals surface area contributed by atoms with E-state index in [9.17, 15) is 8.42 Å². The number of hydrogen-bond donors (Lipinski definition) is 1. The molecule has 2 atom stereocenters. The third-order valence-corrected chi connectivity index (χ3v) is 6.30. The molecular weight excluding hydrogens is 272 g/mol. The number of benzene rings is 1. The average Bonchev–Trinajstić information content (AvgIpc) is 3.00. The molecule has 0 radical (unpaired) electrons. The minimum absolute atomic E-state index is 0.435. The molecule has 2 unspecified atom stereocenters. The van der Waals surface area contributed by atoms with Crippen LogP contribution in [0, 0.1) is 11.8 Å². The Kier molecular flexibility index (Phi) is 3.84. The van der Waals surface area contributed by atoms with Crippen LogP contribution >= 0.6 is 0 Å². The lowest BCUT2D eigenvalue weighted by molar-refractivity contribution is 0.448. The maximum Gasteiger partial charge on any atom is 0.243 e. The van der Waals surface area contributed by atoms with E-state index in [1.165, 1.54) is 5.56 Å². The highest BCUT2D eigenvalue weighted by Crippen LogP contribution is 2.30. The van der Waals surface area contributed by atoms with Crippen LogP contribution in [0.2, 0.25) is 0 Å². The molecule has 0 amide bonds. The van der Waals surface area contributed by atoms with Crippen LogP contribution in [-0.2, 0) is 16.4 Å². The molecule has 1 aromatic rings. The second-order valence-corrected chi connectivity index (χ2v) is 7.83. The first kappa shape index (κ1) is 14.0. The van der Waals surface area contributed by atoms with Crippen LogP contribution < -0.4 is 5.32 Å². The second-order valence-electron chi connectivity index (χ2n) is 5.89. The summed E-state index contributed by atoms with van der Waals surface area (Å²) in [7, 11) is -3.31. The topological polar surface area (TPSA) is 49.4 Å². The molecule has 0 saturated carbocycles. The quantitative estimate of drug-likeness (QED) is 0.915. The van der Waals surface area contributed by atoms with Crippen molar-refractivity contribution < 1.29 is 8.42 Å². The number of nitrogens with zero attached hydrogens (tertiary/aromatic N) is 1. The minimum atomic E-state index is -3.31. The Balaban J connectivity index is 1.78. The van der Waals surface area contributed by atoms with Crippen LogP contribution in [-0.4, -0.2) is 38.9 Å². The van der Waals surface area contributed by atoms with Crippen molar-refractivity contribution in [1.82, 2.24) is 9.62 Å². The Morgan fingerprint density at radius 1 is 1.15 bits per heavy atom. The molecule has 2 aliphatic heterocycles. The number of aryl methyl sites for hydroxylation is 1. The zero-order valence-corrected chi connectivity index (χ0v) is 12.7. The molecule has 20 heavy (non-hydrogen) atoms. The van der Waals surface area contributed by atoms with Crippen molar-refractivity contribution in [1.29, 1.82) is 0 Å². The van der Waals surface area contributed by atoms with Gasteiger partial charge in [0.2, 0.25) is 10.0 Å². The predicted octanol–water partition coefficient (Wildman–Crippen LogP) is 1.48. The Morgan fingerprint density at radius 2 is 1.75 bits per heavy atom. The Morgan fingerprint density at radius 3 is 2.30 bits per heavy atom. The molecule has 0 aliphatic carbocycles. The molecule has 2 heterocycles. The molecule has 1 N–H and O–H groups in total. The number of hydrogen-bond acceptors (Lipinski definition) is 3. The van der Waals surface area contributed by atoms with Gasteiger partial charge in [-0.1, -0.05) is 25.5 Å². The standard InChI is InChI=1S/C15H22N2O2S/c1-2-3-12-4-6-15(7-5-12)20(18,19)17-10-13-8-16-9-14(13)11-17/h4-7,13-14,16H,2-3,8-11H2,1H3. The third kappa shape index (κ3) is 2.50. The first-order valence-corrected chi connectivity index (χ1v) is 8.85. The maximum absolute atomic E-state index is 12.6. The Bertz CT molecular complexity index is 556. The van der Waals surface area contributed by atoms with E-state index in [1.807, 2.05) is 12.1 Å². The normalized spacial score (nSPS) is 26.9. The van der Waals surface area contributed by atoms with Gasteiger partial charge in [0.15, 0.2) is 0 Å². The van der Waals surface area contributed by atoms with Gasteiger partial charge in [0.1, 0.15) is 0 Å². The van der Waals surface area contributed by atoms with Gasteiger partial charge in [-0.15, -0.1) is 0 Å². The summed E-state index contributed by atoms with van der Waals surface area (Å²) in [6, 6.07) is 7.39. The molecule has 2 saturated heterocycles.